The third-order valence-electron chi connectivity index (χ3n) is 2.93. The van der Waals surface area contributed by atoms with E-state index in [1.807, 2.05) is 0 Å². The van der Waals surface area contributed by atoms with Crippen LogP contribution >= 0.6 is 139 Å². The highest BCUT2D eigenvalue weighted by molar-refractivity contribution is 6.77. The zero-order valence-electron chi connectivity index (χ0n) is 11.1. The van der Waals surface area contributed by atoms with Crippen molar-refractivity contribution in [2.45, 2.75) is 32.6 Å². The number of hydrogen-bond donors (Lipinski definition) is 0. The first-order chi connectivity index (χ1) is 10.5. The zero-order valence-corrected chi connectivity index (χ0v) is 20.2. The van der Waals surface area contributed by atoms with Gasteiger partial charge in [-0.1, -0.05) is 116 Å². The third kappa shape index (κ3) is 4.93. The van der Waals surface area contributed by atoms with E-state index >= 15 is 0 Å². The van der Waals surface area contributed by atoms with Gasteiger partial charge >= 0.3 is 0 Å². The van der Waals surface area contributed by atoms with E-state index in [2.05, 4.69) is 0 Å². The molecular weight excluding hydrogens is 578 g/mol. The fourth-order valence-corrected chi connectivity index (χ4v) is 4.71. The van der Waals surface area contributed by atoms with E-state index in [1.165, 1.54) is 0 Å². The van der Waals surface area contributed by atoms with Crippen molar-refractivity contribution in [2.75, 3.05) is 19.8 Å². The molecular formula is C10H8Cl12O2. The summed E-state index contributed by atoms with van der Waals surface area (Å²) in [4.78, 5) is -1.53. The summed E-state index contributed by atoms with van der Waals surface area (Å²) >= 11 is 72.6. The molecule has 1 fully saturated rings. The van der Waals surface area contributed by atoms with Gasteiger partial charge in [0.25, 0.3) is 0 Å². The Morgan fingerprint density at radius 3 is 1.67 bits per heavy atom. The van der Waals surface area contributed by atoms with Gasteiger partial charge in [-0.15, -0.1) is 23.2 Å². The summed E-state index contributed by atoms with van der Waals surface area (Å²) in [6.45, 7) is 0.367. The molecule has 0 aromatic rings. The minimum atomic E-state index is -2.55. The lowest BCUT2D eigenvalue weighted by atomic mass is 10.1. The van der Waals surface area contributed by atoms with Crippen LogP contribution in [-0.2, 0) is 9.47 Å². The van der Waals surface area contributed by atoms with E-state index in [0.717, 1.165) is 0 Å². The minimum absolute atomic E-state index is 0.0577. The Morgan fingerprint density at radius 1 is 0.833 bits per heavy atom. The lowest BCUT2D eigenvalue weighted by Crippen LogP contribution is -2.65. The average molecular weight is 586 g/mol. The summed E-state index contributed by atoms with van der Waals surface area (Å²) in [5, 5.41) is 0. The van der Waals surface area contributed by atoms with Crippen LogP contribution in [0.1, 0.15) is 0 Å². The van der Waals surface area contributed by atoms with Crippen molar-refractivity contribution >= 4 is 139 Å². The van der Waals surface area contributed by atoms with Gasteiger partial charge in [0.15, 0.2) is 21.7 Å². The summed E-state index contributed by atoms with van der Waals surface area (Å²) < 4.78 is -1.65. The van der Waals surface area contributed by atoms with Gasteiger partial charge in [-0.2, -0.15) is 0 Å². The molecule has 14 heteroatoms. The largest absolute Gasteiger partial charge is 0.375 e. The molecule has 24 heavy (non-hydrogen) atoms. The molecule has 1 rings (SSSR count). The second-order valence-corrected chi connectivity index (χ2v) is 12.8. The van der Waals surface area contributed by atoms with Gasteiger partial charge in [-0.05, 0) is 0 Å². The van der Waals surface area contributed by atoms with Crippen LogP contribution in [0.4, 0.5) is 0 Å². The second kappa shape index (κ2) is 8.64. The van der Waals surface area contributed by atoms with Crippen molar-refractivity contribution in [2.24, 2.45) is 0 Å². The fraction of sp³-hybridized carbons (Fsp3) is 1.00. The van der Waals surface area contributed by atoms with Gasteiger partial charge in [-0.3, -0.25) is 0 Å². The highest BCUT2D eigenvalue weighted by atomic mass is 35.6. The minimum Gasteiger partial charge on any atom is -0.375 e. The Balaban J connectivity index is 3.06. The highest BCUT2D eigenvalue weighted by Crippen LogP contribution is 2.66. The number of halogens is 12. The number of hydrogen-bond acceptors (Lipinski definition) is 2. The summed E-state index contributed by atoms with van der Waals surface area (Å²) in [6, 6.07) is 0. The lowest BCUT2D eigenvalue weighted by molar-refractivity contribution is 0.105. The molecule has 0 N–H and O–H groups in total. The molecule has 1 heterocycles. The molecule has 1 atom stereocenters. The van der Waals surface area contributed by atoms with E-state index < -0.39 is 33.1 Å². The van der Waals surface area contributed by atoms with Gasteiger partial charge in [0.2, 0.25) is 0 Å². The number of rotatable bonds is 9. The summed E-state index contributed by atoms with van der Waals surface area (Å²) in [5.41, 5.74) is 0. The van der Waals surface area contributed by atoms with E-state index in [4.69, 9.17) is 149 Å². The molecule has 0 bridgehead atoms. The van der Waals surface area contributed by atoms with Crippen molar-refractivity contribution in [1.82, 2.24) is 0 Å². The lowest BCUT2D eigenvalue weighted by Gasteiger charge is -2.49. The van der Waals surface area contributed by atoms with Crippen LogP contribution in [0.25, 0.3) is 0 Å². The molecule has 0 aromatic heterocycles. The second-order valence-electron chi connectivity index (χ2n) is 4.82. The topological polar surface area (TPSA) is 21.8 Å². The summed E-state index contributed by atoms with van der Waals surface area (Å²) in [7, 11) is 0. The maximum absolute atomic E-state index is 6.20. The fourth-order valence-electron chi connectivity index (χ4n) is 1.35. The molecule has 0 aromatic carbocycles. The SMILES string of the molecule is ClC(Cl)C(Cl)(Cl)C(Cl)(Cl)C(Cl)(Cl)C(Cl)(Cl)C(Cl)(Cl)COCC1CO1. The van der Waals surface area contributed by atoms with Crippen LogP contribution in [0.15, 0.2) is 0 Å². The molecule has 0 spiro atoms. The molecule has 1 aliphatic rings. The third-order valence-corrected chi connectivity index (χ3v) is 10.9. The molecule has 0 radical (unpaired) electrons. The van der Waals surface area contributed by atoms with Crippen LogP contribution in [0.5, 0.6) is 0 Å². The van der Waals surface area contributed by atoms with E-state index in [0.29, 0.717) is 6.61 Å². The monoisotopic (exact) mass is 580 g/mol. The maximum atomic E-state index is 6.20. The Labute approximate surface area is 199 Å². The van der Waals surface area contributed by atoms with Crippen molar-refractivity contribution < 1.29 is 9.47 Å². The summed E-state index contributed by atoms with van der Waals surface area (Å²) in [5.74, 6) is 0. The van der Waals surface area contributed by atoms with Crippen LogP contribution < -0.4 is 0 Å². The van der Waals surface area contributed by atoms with E-state index in [1.54, 1.807) is 0 Å². The first-order valence-electron chi connectivity index (χ1n) is 5.89. The van der Waals surface area contributed by atoms with Crippen LogP contribution in [0.3, 0.4) is 0 Å². The van der Waals surface area contributed by atoms with Crippen molar-refractivity contribution in [3.8, 4) is 0 Å². The first kappa shape index (κ1) is 25.4. The molecule has 1 unspecified atom stereocenters. The maximum Gasteiger partial charge on any atom is 0.189 e. The van der Waals surface area contributed by atoms with E-state index in [-0.39, 0.29) is 12.7 Å². The normalized spacial score (nSPS) is 20.6. The Morgan fingerprint density at radius 2 is 1.29 bits per heavy atom. The Kier molecular flexibility index (Phi) is 9.16. The molecule has 1 saturated heterocycles. The smallest absolute Gasteiger partial charge is 0.189 e. The number of epoxide rings is 1. The van der Waals surface area contributed by atoms with Gasteiger partial charge in [-0.25, -0.2) is 0 Å². The van der Waals surface area contributed by atoms with Gasteiger partial charge in [0.1, 0.15) is 10.9 Å². The number of alkyl halides is 12. The molecule has 0 saturated carbocycles. The van der Waals surface area contributed by atoms with Crippen LogP contribution in [0.2, 0.25) is 0 Å². The summed E-state index contributed by atoms with van der Waals surface area (Å²) in [6.07, 6.45) is -0.0577. The highest BCUT2D eigenvalue weighted by Gasteiger charge is 2.74. The van der Waals surface area contributed by atoms with Crippen LogP contribution in [0, 0.1) is 0 Å². The predicted octanol–water partition coefficient (Wildman–Crippen LogP) is 7.08. The van der Waals surface area contributed by atoms with Gasteiger partial charge in [0, 0.05) is 0 Å². The number of ether oxygens (including phenoxy) is 2. The zero-order chi connectivity index (χ0) is 19.2. The van der Waals surface area contributed by atoms with Crippen molar-refractivity contribution in [3.05, 3.63) is 0 Å². The average Bonchev–Trinajstić information content (AvgIpc) is 3.21. The molecule has 0 amide bonds. The standard InChI is InChI=1S/C10H8Cl12O2/c11-5(12)7(15,16)9(19,20)10(21,22)8(17,18)6(13,14)3-23-1-4-2-24-4/h4-5H,1-3H2. The molecule has 0 aliphatic carbocycles. The van der Waals surface area contributed by atoms with Gasteiger partial charge in [0.05, 0.1) is 19.8 Å². The van der Waals surface area contributed by atoms with E-state index in [9.17, 15) is 0 Å². The van der Waals surface area contributed by atoms with Crippen LogP contribution in [-0.4, -0.2) is 52.4 Å². The van der Waals surface area contributed by atoms with Crippen molar-refractivity contribution in [1.29, 1.82) is 0 Å². The molecule has 144 valence electrons. The first-order valence-corrected chi connectivity index (χ1v) is 10.5. The predicted molar refractivity (Wildman–Crippen MR) is 108 cm³/mol. The quantitative estimate of drug-likeness (QED) is 0.213. The Bertz CT molecular complexity index is 445. The molecule has 2 nitrogen and oxygen atoms in total. The Hall–Kier alpha value is 3.40. The van der Waals surface area contributed by atoms with Gasteiger partial charge < -0.3 is 9.47 Å². The molecule has 1 aliphatic heterocycles. The van der Waals surface area contributed by atoms with Crippen molar-refractivity contribution in [3.63, 3.8) is 0 Å².